The molecular weight excluding hydrogens is 874 g/mol. The zero-order valence-corrected chi connectivity index (χ0v) is 30.5. The third kappa shape index (κ3) is 7.07. The normalized spacial score (nSPS) is 17.9. The van der Waals surface area contributed by atoms with Gasteiger partial charge in [0.05, 0.1) is 0 Å². The first-order chi connectivity index (χ1) is 19.4. The number of fused-ring (bicyclic) bond motifs is 1. The van der Waals surface area contributed by atoms with E-state index in [-0.39, 0.29) is 54.3 Å². The number of amides is 1. The van der Waals surface area contributed by atoms with Gasteiger partial charge in [-0.3, -0.25) is 4.79 Å². The number of carbonyl (C=O) groups is 1. The van der Waals surface area contributed by atoms with Gasteiger partial charge in [0.1, 0.15) is 6.04 Å². The number of halogens is 3. The van der Waals surface area contributed by atoms with Gasteiger partial charge in [0, 0.05) is 30.3 Å². The van der Waals surface area contributed by atoms with E-state index in [2.05, 4.69) is 24.5 Å². The van der Waals surface area contributed by atoms with Crippen LogP contribution >= 0.6 is 34.2 Å². The quantitative estimate of drug-likeness (QED) is 0.217. The molecule has 1 saturated heterocycles. The number of hydrogen-bond donors (Lipinski definition) is 1. The van der Waals surface area contributed by atoms with Crippen molar-refractivity contribution in [2.45, 2.75) is 31.9 Å². The summed E-state index contributed by atoms with van der Waals surface area (Å²) >= 11 is 7.75. The van der Waals surface area contributed by atoms with E-state index in [0.717, 1.165) is 30.8 Å². The van der Waals surface area contributed by atoms with Gasteiger partial charge in [0.25, 0.3) is 0 Å². The number of nitrogens with one attached hydrogen (secondary N) is 1. The summed E-state index contributed by atoms with van der Waals surface area (Å²) in [7, 11) is -3.92. The van der Waals surface area contributed by atoms with Crippen LogP contribution in [0.4, 0.5) is 21.6 Å². The predicted molar refractivity (Wildman–Crippen MR) is 167 cm³/mol. The van der Waals surface area contributed by atoms with Crippen molar-refractivity contribution in [3.8, 4) is 0 Å². The first-order valence-electron chi connectivity index (χ1n) is 13.1. The van der Waals surface area contributed by atoms with Crippen molar-refractivity contribution in [2.24, 2.45) is 0 Å². The first kappa shape index (κ1) is 30.7. The zero-order chi connectivity index (χ0) is 29.4. The predicted octanol–water partition coefficient (Wildman–Crippen LogP) is 4.10. The Bertz CT molecular complexity index is 1530. The second-order valence-electron chi connectivity index (χ2n) is 10.0. The molecule has 41 heavy (non-hydrogen) atoms. The molecule has 2 atom stereocenters. The standard InChI is InChI=1S/C27H28ClFIN6O3S.Tl/c1-18(36-12-2-3-19-17-20(28)4-9-23(19)36)27(37)35-15-13-34(14-16-35)21-5-7-22(8-6-21)40(38,39)33-24-10-11-31-26(32-24)25(29)30;/h4-11,17-18H,2-3,12-16H2,1H3,(H,31,32,33);/t18-;/m1./s1. The molecule has 5 rings (SSSR count). The van der Waals surface area contributed by atoms with Crippen LogP contribution in [0.25, 0.3) is 0 Å². The number of sulfonamides is 1. The molecule has 1 amide bonds. The molecule has 214 valence electrons. The molecule has 1 N–H and O–H groups in total. The number of anilines is 3. The topological polar surface area (TPSA) is 98.7 Å². The van der Waals surface area contributed by atoms with Crippen LogP contribution in [-0.2, 0) is 22.5 Å². The van der Waals surface area contributed by atoms with Gasteiger partial charge in [-0.05, 0) is 43.5 Å². The number of nitrogens with zero attached hydrogens (tertiary/aromatic N) is 5. The molecule has 3 heterocycles. The minimum atomic E-state index is -3.92. The maximum atomic E-state index is 14.3. The third-order valence-corrected chi connectivity index (χ3v) is 10.4. The molecule has 2 aliphatic heterocycles. The van der Waals surface area contributed by atoms with Crippen LogP contribution in [0.1, 0.15) is 24.7 Å². The molecule has 0 spiro atoms. The molecule has 1 unspecified atom stereocenters. The molecule has 9 nitrogen and oxygen atoms in total. The fraction of sp³-hybridized carbons (Fsp3) is 0.370. The first-order valence-corrected chi connectivity index (χ1v) is 18.3. The average molecular weight is 902 g/mol. The van der Waals surface area contributed by atoms with Crippen LogP contribution in [0.15, 0.2) is 59.6 Å². The number of carbonyl (C=O) groups excluding carboxylic acids is 1. The molecule has 3 aromatic rings. The van der Waals surface area contributed by atoms with E-state index in [1.54, 1.807) is 34.7 Å². The van der Waals surface area contributed by atoms with Gasteiger partial charge in [-0.2, -0.15) is 0 Å². The van der Waals surface area contributed by atoms with Crippen molar-refractivity contribution in [2.75, 3.05) is 47.2 Å². The molecule has 0 aliphatic carbocycles. The van der Waals surface area contributed by atoms with Gasteiger partial charge < -0.3 is 9.80 Å². The summed E-state index contributed by atoms with van der Waals surface area (Å²) < 4.78 is 40.9. The Hall–Kier alpha value is -1.79. The van der Waals surface area contributed by atoms with Gasteiger partial charge in [0.2, 0.25) is 5.91 Å². The third-order valence-electron chi connectivity index (χ3n) is 7.32. The van der Waals surface area contributed by atoms with Crippen molar-refractivity contribution >= 4 is 93.1 Å². The molecule has 0 saturated carbocycles. The molecule has 14 heteroatoms. The number of rotatable bonds is 7. The summed E-state index contributed by atoms with van der Waals surface area (Å²) in [6, 6.07) is 13.6. The van der Waals surface area contributed by atoms with Crippen molar-refractivity contribution in [1.29, 1.82) is 0 Å². The van der Waals surface area contributed by atoms with Gasteiger partial charge >= 0.3 is 164 Å². The SMILES string of the molecule is C[C@H](C(=O)N1CCN(c2ccc(S(=O)(=O)Nc3ccnc([C](F)(I)[Tl])n3)cc2)CC1)N1CCCc2cc(Cl)ccc21. The van der Waals surface area contributed by atoms with E-state index in [4.69, 9.17) is 11.6 Å². The number of hydrogen-bond acceptors (Lipinski definition) is 7. The Morgan fingerprint density at radius 1 is 1.12 bits per heavy atom. The van der Waals surface area contributed by atoms with Crippen LogP contribution in [0, 0.1) is 0 Å². The van der Waals surface area contributed by atoms with Crippen LogP contribution < -0.4 is 14.5 Å². The molecule has 1 aromatic heterocycles. The zero-order valence-electron chi connectivity index (χ0n) is 22.3. The number of piperazine rings is 1. The summed E-state index contributed by atoms with van der Waals surface area (Å²) in [4.78, 5) is 27.7. The number of benzene rings is 2. The van der Waals surface area contributed by atoms with E-state index in [9.17, 15) is 17.6 Å². The molecule has 0 radical (unpaired) electrons. The smallest absolute Gasteiger partial charge is 0.360 e. The summed E-state index contributed by atoms with van der Waals surface area (Å²) in [6.45, 7) is 5.24. The van der Waals surface area contributed by atoms with E-state index in [1.165, 1.54) is 30.0 Å². The van der Waals surface area contributed by atoms with Crippen LogP contribution in [0.5, 0.6) is 0 Å². The van der Waals surface area contributed by atoms with Crippen LogP contribution in [-0.4, -0.2) is 93.7 Å². The fourth-order valence-corrected chi connectivity index (χ4v) is 7.19. The monoisotopic (exact) mass is 902 g/mol. The van der Waals surface area contributed by atoms with Crippen molar-refractivity contribution in [3.05, 3.63) is 71.1 Å². The summed E-state index contributed by atoms with van der Waals surface area (Å²) in [6.07, 6.45) is 3.28. The van der Waals surface area contributed by atoms with Crippen molar-refractivity contribution in [3.63, 3.8) is 0 Å². The van der Waals surface area contributed by atoms with E-state index >= 15 is 0 Å². The second-order valence-corrected chi connectivity index (χ2v) is 21.4. The Labute approximate surface area is 273 Å². The number of alkyl halides is 2. The Morgan fingerprint density at radius 2 is 1.83 bits per heavy atom. The maximum absolute atomic E-state index is 14.3. The fourth-order valence-electron chi connectivity index (χ4n) is 5.19. The van der Waals surface area contributed by atoms with Gasteiger partial charge in [-0.15, -0.1) is 0 Å². The van der Waals surface area contributed by atoms with Crippen LogP contribution in [0.3, 0.4) is 0 Å². The summed E-state index contributed by atoms with van der Waals surface area (Å²) in [5.74, 6) is 0.0768. The average Bonchev–Trinajstić information content (AvgIpc) is 2.95. The summed E-state index contributed by atoms with van der Waals surface area (Å²) in [5, 5.41) is 0.714. The molecule has 2 aromatic carbocycles. The Morgan fingerprint density at radius 3 is 2.51 bits per heavy atom. The molecular formula is C27H28ClFIN6O3STl. The number of aryl methyl sites for hydroxylation is 1. The van der Waals surface area contributed by atoms with Crippen molar-refractivity contribution in [1.82, 2.24) is 14.9 Å². The Balaban J connectivity index is 1.19. The minimum Gasteiger partial charge on any atom is -0.360 e. The minimum absolute atomic E-state index is 0.0188. The molecule has 0 bridgehead atoms. The Kier molecular flexibility index (Phi) is 9.31. The van der Waals surface area contributed by atoms with E-state index in [1.807, 2.05) is 30.0 Å². The molecule has 2 aliphatic rings. The second kappa shape index (κ2) is 12.4. The molecule has 1 fully saturated rings. The van der Waals surface area contributed by atoms with E-state index < -0.39 is 11.3 Å². The summed E-state index contributed by atoms with van der Waals surface area (Å²) in [5.41, 5.74) is 3.14. The van der Waals surface area contributed by atoms with Crippen LogP contribution in [0.2, 0.25) is 5.02 Å². The van der Waals surface area contributed by atoms with Gasteiger partial charge in [-0.25, -0.2) is 0 Å². The van der Waals surface area contributed by atoms with Gasteiger partial charge in [0.15, 0.2) is 0 Å². The van der Waals surface area contributed by atoms with Gasteiger partial charge in [-0.1, -0.05) is 11.6 Å². The number of aromatic nitrogens is 2. The van der Waals surface area contributed by atoms with E-state index in [0.29, 0.717) is 31.2 Å². The van der Waals surface area contributed by atoms with Crippen molar-refractivity contribution < 1.29 is 17.6 Å².